The molecule has 0 aromatic carbocycles. The Morgan fingerprint density at radius 2 is 2.00 bits per heavy atom. The van der Waals surface area contributed by atoms with Gasteiger partial charge in [0.25, 0.3) is 5.88 Å². The number of carbonyl (C=O) groups excluding carboxylic acids is 1. The molecule has 2 heterocycles. The molecule has 0 spiro atoms. The molecule has 0 bridgehead atoms. The Morgan fingerprint density at radius 1 is 1.27 bits per heavy atom. The third-order valence-electron chi connectivity index (χ3n) is 4.37. The molecule has 1 saturated carbocycles. The van der Waals surface area contributed by atoms with Crippen molar-refractivity contribution in [1.29, 1.82) is 0 Å². The van der Waals surface area contributed by atoms with Gasteiger partial charge in [0.1, 0.15) is 6.10 Å². The zero-order valence-corrected chi connectivity index (χ0v) is 13.4. The Balaban J connectivity index is 1.65. The number of amides is 1. The molecule has 1 aromatic heterocycles. The lowest BCUT2D eigenvalue weighted by Gasteiger charge is -2.23. The molecule has 1 aromatic rings. The summed E-state index contributed by atoms with van der Waals surface area (Å²) < 4.78 is 6.06. The topological polar surface area (TPSA) is 58.6 Å². The number of nitrogens with zero attached hydrogens (tertiary/aromatic N) is 4. The Bertz CT molecular complexity index is 529. The molecule has 6 nitrogen and oxygen atoms in total. The van der Waals surface area contributed by atoms with Gasteiger partial charge in [0.15, 0.2) is 5.82 Å². The van der Waals surface area contributed by atoms with Gasteiger partial charge in [-0.1, -0.05) is 0 Å². The number of hydrogen-bond donors (Lipinski definition) is 0. The summed E-state index contributed by atoms with van der Waals surface area (Å²) in [6, 6.07) is 0. The Hall–Kier alpha value is -1.85. The van der Waals surface area contributed by atoms with Gasteiger partial charge in [0.2, 0.25) is 5.91 Å². The van der Waals surface area contributed by atoms with E-state index >= 15 is 0 Å². The fourth-order valence-electron chi connectivity index (χ4n) is 2.91. The average Bonchev–Trinajstić information content (AvgIpc) is 3.29. The third kappa shape index (κ3) is 3.15. The van der Waals surface area contributed by atoms with Gasteiger partial charge in [0.05, 0.1) is 6.54 Å². The summed E-state index contributed by atoms with van der Waals surface area (Å²) >= 11 is 0. The van der Waals surface area contributed by atoms with Crippen LogP contribution in [0.4, 0.5) is 5.82 Å². The number of ether oxygens (including phenoxy) is 1. The fourth-order valence-corrected chi connectivity index (χ4v) is 2.91. The van der Waals surface area contributed by atoms with E-state index in [-0.39, 0.29) is 12.0 Å². The van der Waals surface area contributed by atoms with E-state index in [2.05, 4.69) is 28.7 Å². The van der Waals surface area contributed by atoms with Crippen molar-refractivity contribution in [2.75, 3.05) is 31.1 Å². The number of aromatic nitrogens is 2. The van der Waals surface area contributed by atoms with Crippen LogP contribution in [-0.2, 0) is 4.79 Å². The lowest BCUT2D eigenvalue weighted by Crippen LogP contribution is -2.32. The van der Waals surface area contributed by atoms with Crippen LogP contribution in [0.5, 0.6) is 5.88 Å². The molecule has 6 heteroatoms. The smallest absolute Gasteiger partial charge is 0.257 e. The molecule has 1 unspecified atom stereocenters. The highest BCUT2D eigenvalue weighted by Gasteiger charge is 2.37. The van der Waals surface area contributed by atoms with E-state index in [0.717, 1.165) is 44.7 Å². The maximum atomic E-state index is 12.1. The minimum absolute atomic E-state index is 0.0220. The fraction of sp³-hybridized carbons (Fsp3) is 0.688. The van der Waals surface area contributed by atoms with Gasteiger partial charge in [0, 0.05) is 44.4 Å². The molecule has 2 fully saturated rings. The molecule has 1 aliphatic carbocycles. The second-order valence-corrected chi connectivity index (χ2v) is 5.94. The first kappa shape index (κ1) is 15.1. The van der Waals surface area contributed by atoms with E-state index in [9.17, 15) is 4.79 Å². The summed E-state index contributed by atoms with van der Waals surface area (Å²) in [7, 11) is 0. The van der Waals surface area contributed by atoms with Crippen molar-refractivity contribution in [3.63, 3.8) is 0 Å². The van der Waals surface area contributed by atoms with Crippen molar-refractivity contribution in [2.24, 2.45) is 5.92 Å². The van der Waals surface area contributed by atoms with Crippen LogP contribution in [-0.4, -0.2) is 53.1 Å². The van der Waals surface area contributed by atoms with E-state index in [1.54, 1.807) is 12.4 Å². The lowest BCUT2D eigenvalue weighted by molar-refractivity contribution is -0.131. The van der Waals surface area contributed by atoms with E-state index in [4.69, 9.17) is 4.74 Å². The van der Waals surface area contributed by atoms with Crippen LogP contribution in [0.2, 0.25) is 0 Å². The van der Waals surface area contributed by atoms with Crippen molar-refractivity contribution >= 4 is 11.7 Å². The van der Waals surface area contributed by atoms with Gasteiger partial charge in [-0.15, -0.1) is 0 Å². The molecule has 2 aliphatic rings. The number of hydrogen-bond acceptors (Lipinski definition) is 5. The Morgan fingerprint density at radius 3 is 2.68 bits per heavy atom. The first-order chi connectivity index (χ1) is 10.7. The second kappa shape index (κ2) is 6.50. The summed E-state index contributed by atoms with van der Waals surface area (Å²) in [6.45, 7) is 7.37. The minimum atomic E-state index is 0.0220. The SMILES string of the molecule is CCN(CC)c1nccnc1OC1CCN(C(=O)C2CC2)C1. The first-order valence-electron chi connectivity index (χ1n) is 8.24. The molecule has 0 N–H and O–H groups in total. The summed E-state index contributed by atoms with van der Waals surface area (Å²) in [5, 5.41) is 0. The van der Waals surface area contributed by atoms with Crippen LogP contribution in [0.25, 0.3) is 0 Å². The predicted octanol–water partition coefficient (Wildman–Crippen LogP) is 1.71. The van der Waals surface area contributed by atoms with Crippen LogP contribution < -0.4 is 9.64 Å². The Labute approximate surface area is 131 Å². The summed E-state index contributed by atoms with van der Waals surface area (Å²) in [4.78, 5) is 24.9. The van der Waals surface area contributed by atoms with E-state index < -0.39 is 0 Å². The lowest BCUT2D eigenvalue weighted by atomic mass is 10.3. The maximum Gasteiger partial charge on any atom is 0.257 e. The normalized spacial score (nSPS) is 21.0. The number of carbonyl (C=O) groups is 1. The first-order valence-corrected chi connectivity index (χ1v) is 8.24. The number of anilines is 1. The third-order valence-corrected chi connectivity index (χ3v) is 4.37. The van der Waals surface area contributed by atoms with Crippen LogP contribution in [0.1, 0.15) is 33.1 Å². The molecular weight excluding hydrogens is 280 g/mol. The molecule has 1 saturated heterocycles. The molecule has 22 heavy (non-hydrogen) atoms. The van der Waals surface area contributed by atoms with Gasteiger partial charge < -0.3 is 14.5 Å². The van der Waals surface area contributed by atoms with Crippen LogP contribution >= 0.6 is 0 Å². The van der Waals surface area contributed by atoms with Crippen molar-refractivity contribution < 1.29 is 9.53 Å². The average molecular weight is 304 g/mol. The van der Waals surface area contributed by atoms with Crippen molar-refractivity contribution in [1.82, 2.24) is 14.9 Å². The van der Waals surface area contributed by atoms with Crippen molar-refractivity contribution in [3.8, 4) is 5.88 Å². The monoisotopic (exact) mass is 304 g/mol. The number of rotatable bonds is 6. The molecule has 1 aliphatic heterocycles. The van der Waals surface area contributed by atoms with Crippen LogP contribution in [0.3, 0.4) is 0 Å². The molecular formula is C16H24N4O2. The summed E-state index contributed by atoms with van der Waals surface area (Å²) in [5.74, 6) is 1.95. The highest BCUT2D eigenvalue weighted by Crippen LogP contribution is 2.33. The van der Waals surface area contributed by atoms with Gasteiger partial charge in [-0.3, -0.25) is 4.79 Å². The highest BCUT2D eigenvalue weighted by molar-refractivity contribution is 5.81. The van der Waals surface area contributed by atoms with E-state index in [1.165, 1.54) is 0 Å². The van der Waals surface area contributed by atoms with Gasteiger partial charge in [-0.25, -0.2) is 9.97 Å². The number of likely N-dealkylation sites (tertiary alicyclic amines) is 1. The van der Waals surface area contributed by atoms with Gasteiger partial charge in [-0.05, 0) is 26.7 Å². The molecule has 0 radical (unpaired) electrons. The molecule has 3 rings (SSSR count). The van der Waals surface area contributed by atoms with Gasteiger partial charge in [-0.2, -0.15) is 0 Å². The zero-order chi connectivity index (χ0) is 15.5. The quantitative estimate of drug-likeness (QED) is 0.801. The van der Waals surface area contributed by atoms with E-state index in [1.807, 2.05) is 4.90 Å². The molecule has 120 valence electrons. The van der Waals surface area contributed by atoms with Crippen LogP contribution in [0, 0.1) is 5.92 Å². The minimum Gasteiger partial charge on any atom is -0.470 e. The van der Waals surface area contributed by atoms with Crippen molar-refractivity contribution in [2.45, 2.75) is 39.2 Å². The second-order valence-electron chi connectivity index (χ2n) is 5.94. The standard InChI is InChI=1S/C16H24N4O2/c1-3-19(4-2)14-15(18-9-8-17-14)22-13-7-10-20(11-13)16(21)12-5-6-12/h8-9,12-13H,3-7,10-11H2,1-2H3. The summed E-state index contributed by atoms with van der Waals surface area (Å²) in [6.07, 6.45) is 6.34. The van der Waals surface area contributed by atoms with Crippen LogP contribution in [0.15, 0.2) is 12.4 Å². The molecule has 1 atom stereocenters. The summed E-state index contributed by atoms with van der Waals surface area (Å²) in [5.41, 5.74) is 0. The maximum absolute atomic E-state index is 12.1. The Kier molecular flexibility index (Phi) is 4.45. The highest BCUT2D eigenvalue weighted by atomic mass is 16.5. The largest absolute Gasteiger partial charge is 0.470 e. The van der Waals surface area contributed by atoms with E-state index in [0.29, 0.717) is 18.3 Å². The zero-order valence-electron chi connectivity index (χ0n) is 13.4. The van der Waals surface area contributed by atoms with Gasteiger partial charge >= 0.3 is 0 Å². The van der Waals surface area contributed by atoms with Crippen molar-refractivity contribution in [3.05, 3.63) is 12.4 Å². The molecule has 1 amide bonds. The predicted molar refractivity (Wildman–Crippen MR) is 83.9 cm³/mol.